The van der Waals surface area contributed by atoms with E-state index in [0.29, 0.717) is 5.92 Å². The predicted molar refractivity (Wildman–Crippen MR) is 143 cm³/mol. The minimum absolute atomic E-state index is 0. The van der Waals surface area contributed by atoms with Crippen LogP contribution in [0.2, 0.25) is 0 Å². The van der Waals surface area contributed by atoms with Crippen molar-refractivity contribution in [3.63, 3.8) is 0 Å². The average Bonchev–Trinajstić information content (AvgIpc) is 3.53. The first kappa shape index (κ1) is 24.6. The van der Waals surface area contributed by atoms with Crippen molar-refractivity contribution in [2.24, 2.45) is 10.9 Å². The fraction of sp³-hybridized carbons (Fsp3) is 0.417. The van der Waals surface area contributed by atoms with Gasteiger partial charge in [0.05, 0.1) is 6.26 Å². The third kappa shape index (κ3) is 7.81. The highest BCUT2D eigenvalue weighted by atomic mass is 127. The summed E-state index contributed by atoms with van der Waals surface area (Å²) in [5.41, 5.74) is 1.27. The molecule has 4 rings (SSSR count). The van der Waals surface area contributed by atoms with E-state index in [0.717, 1.165) is 57.3 Å². The molecule has 0 unspecified atom stereocenters. The number of rotatable bonds is 9. The molecule has 3 aromatic rings. The van der Waals surface area contributed by atoms with E-state index in [1.54, 1.807) is 17.6 Å². The molecule has 0 radical (unpaired) electrons. The molecular formula is C24H32IN5OS. The second kappa shape index (κ2) is 13.5. The number of thiophene rings is 1. The molecule has 0 bridgehead atoms. The van der Waals surface area contributed by atoms with Gasteiger partial charge < -0.3 is 20.0 Å². The van der Waals surface area contributed by atoms with Gasteiger partial charge in [-0.05, 0) is 60.9 Å². The summed E-state index contributed by atoms with van der Waals surface area (Å²) in [6.07, 6.45) is 9.66. The number of guanidine groups is 1. The van der Waals surface area contributed by atoms with E-state index >= 15 is 0 Å². The first-order valence-corrected chi connectivity index (χ1v) is 12.0. The van der Waals surface area contributed by atoms with E-state index in [9.17, 15) is 0 Å². The van der Waals surface area contributed by atoms with Gasteiger partial charge >= 0.3 is 0 Å². The summed E-state index contributed by atoms with van der Waals surface area (Å²) in [5.74, 6) is 2.52. The van der Waals surface area contributed by atoms with Crippen LogP contribution in [-0.4, -0.2) is 43.7 Å². The predicted octanol–water partition coefficient (Wildman–Crippen LogP) is 4.59. The zero-order chi connectivity index (χ0) is 21.1. The summed E-state index contributed by atoms with van der Waals surface area (Å²) in [6.45, 7) is 4.71. The Bertz CT molecular complexity index is 852. The van der Waals surface area contributed by atoms with Crippen LogP contribution in [0.25, 0.3) is 0 Å². The topological polar surface area (TPSA) is 65.7 Å². The number of pyridine rings is 1. The van der Waals surface area contributed by atoms with Gasteiger partial charge in [0.1, 0.15) is 5.76 Å². The highest BCUT2D eigenvalue weighted by Crippen LogP contribution is 2.22. The SMILES string of the molecule is I.c1coc(CCNC(=NCC2CCN(c3ccncc3)CC2)NCCc2cccs2)c1. The van der Waals surface area contributed by atoms with Crippen molar-refractivity contribution in [2.45, 2.75) is 25.7 Å². The number of piperidine rings is 1. The van der Waals surface area contributed by atoms with E-state index in [1.807, 2.05) is 24.5 Å². The molecule has 172 valence electrons. The van der Waals surface area contributed by atoms with Crippen LogP contribution in [-0.2, 0) is 12.8 Å². The molecule has 4 heterocycles. The zero-order valence-corrected chi connectivity index (χ0v) is 21.4. The van der Waals surface area contributed by atoms with Gasteiger partial charge in [-0.2, -0.15) is 0 Å². The van der Waals surface area contributed by atoms with Crippen molar-refractivity contribution < 1.29 is 4.42 Å². The first-order chi connectivity index (χ1) is 15.4. The van der Waals surface area contributed by atoms with Crippen LogP contribution in [0, 0.1) is 5.92 Å². The van der Waals surface area contributed by atoms with Gasteiger partial charge in [-0.3, -0.25) is 9.98 Å². The molecular weight excluding hydrogens is 533 g/mol. The van der Waals surface area contributed by atoms with E-state index in [-0.39, 0.29) is 24.0 Å². The van der Waals surface area contributed by atoms with Gasteiger partial charge in [0, 0.05) is 62.1 Å². The van der Waals surface area contributed by atoms with Crippen LogP contribution < -0.4 is 15.5 Å². The van der Waals surface area contributed by atoms with Gasteiger partial charge in [0.2, 0.25) is 0 Å². The molecule has 6 nitrogen and oxygen atoms in total. The Hall–Kier alpha value is -2.07. The maximum Gasteiger partial charge on any atom is 0.191 e. The monoisotopic (exact) mass is 565 g/mol. The molecule has 3 aromatic heterocycles. The fourth-order valence-corrected chi connectivity index (χ4v) is 4.55. The lowest BCUT2D eigenvalue weighted by atomic mass is 9.97. The highest BCUT2D eigenvalue weighted by molar-refractivity contribution is 14.0. The molecule has 0 aliphatic carbocycles. The van der Waals surface area contributed by atoms with Crippen LogP contribution in [0.4, 0.5) is 5.69 Å². The third-order valence-electron chi connectivity index (χ3n) is 5.64. The number of nitrogens with zero attached hydrogens (tertiary/aromatic N) is 3. The Morgan fingerprint density at radius 1 is 1.06 bits per heavy atom. The lowest BCUT2D eigenvalue weighted by Gasteiger charge is -2.33. The summed E-state index contributed by atoms with van der Waals surface area (Å²) in [6, 6.07) is 12.4. The van der Waals surface area contributed by atoms with Crippen molar-refractivity contribution in [2.75, 3.05) is 37.6 Å². The minimum Gasteiger partial charge on any atom is -0.469 e. The van der Waals surface area contributed by atoms with Crippen LogP contribution in [0.15, 0.2) is 69.8 Å². The number of anilines is 1. The van der Waals surface area contributed by atoms with E-state index in [4.69, 9.17) is 9.41 Å². The Morgan fingerprint density at radius 3 is 2.53 bits per heavy atom. The molecule has 8 heteroatoms. The molecule has 0 aromatic carbocycles. The molecule has 1 saturated heterocycles. The van der Waals surface area contributed by atoms with Gasteiger partial charge in [0.25, 0.3) is 0 Å². The van der Waals surface area contributed by atoms with Crippen LogP contribution in [0.5, 0.6) is 0 Å². The standard InChI is InChI=1S/C24H31N5OS.HI/c1-3-22(30-17-1)7-13-26-24(27-14-8-23-4-2-18-31-23)28-19-20-9-15-29(16-10-20)21-5-11-25-12-6-21;/h1-6,11-12,17-18,20H,7-10,13-16,19H2,(H2,26,27,28);1H. The second-order valence-corrected chi connectivity index (χ2v) is 8.87. The molecule has 1 aliphatic heterocycles. The van der Waals surface area contributed by atoms with Gasteiger partial charge in [-0.1, -0.05) is 6.07 Å². The molecule has 1 aliphatic rings. The molecule has 0 spiro atoms. The average molecular weight is 566 g/mol. The van der Waals surface area contributed by atoms with E-state index in [1.165, 1.54) is 23.4 Å². The highest BCUT2D eigenvalue weighted by Gasteiger charge is 2.19. The molecule has 0 amide bonds. The van der Waals surface area contributed by atoms with Crippen molar-refractivity contribution in [3.8, 4) is 0 Å². The zero-order valence-electron chi connectivity index (χ0n) is 18.3. The van der Waals surface area contributed by atoms with Crippen LogP contribution in [0.3, 0.4) is 0 Å². The Morgan fingerprint density at radius 2 is 1.84 bits per heavy atom. The lowest BCUT2D eigenvalue weighted by Crippen LogP contribution is -2.40. The Kier molecular flexibility index (Phi) is 10.3. The quantitative estimate of drug-likeness (QED) is 0.226. The van der Waals surface area contributed by atoms with Gasteiger partial charge in [-0.15, -0.1) is 35.3 Å². The number of halogens is 1. The van der Waals surface area contributed by atoms with Crippen LogP contribution >= 0.6 is 35.3 Å². The van der Waals surface area contributed by atoms with E-state index < -0.39 is 0 Å². The smallest absolute Gasteiger partial charge is 0.191 e. The van der Waals surface area contributed by atoms with Crippen molar-refractivity contribution in [1.82, 2.24) is 15.6 Å². The maximum atomic E-state index is 5.44. The van der Waals surface area contributed by atoms with Gasteiger partial charge in [0.15, 0.2) is 5.96 Å². The lowest BCUT2D eigenvalue weighted by molar-refractivity contribution is 0.414. The van der Waals surface area contributed by atoms with Crippen molar-refractivity contribution >= 4 is 47.0 Å². The number of aliphatic imine (C=N–C) groups is 1. The summed E-state index contributed by atoms with van der Waals surface area (Å²) < 4.78 is 5.44. The maximum absolute atomic E-state index is 5.44. The summed E-state index contributed by atoms with van der Waals surface area (Å²) >= 11 is 1.80. The third-order valence-corrected chi connectivity index (χ3v) is 6.57. The number of hydrogen-bond donors (Lipinski definition) is 2. The summed E-state index contributed by atoms with van der Waals surface area (Å²) in [5, 5.41) is 9.12. The van der Waals surface area contributed by atoms with Crippen molar-refractivity contribution in [1.29, 1.82) is 0 Å². The van der Waals surface area contributed by atoms with E-state index in [2.05, 4.69) is 50.2 Å². The van der Waals surface area contributed by atoms with Crippen LogP contribution in [0.1, 0.15) is 23.5 Å². The second-order valence-electron chi connectivity index (χ2n) is 7.84. The molecule has 2 N–H and O–H groups in total. The molecule has 0 saturated carbocycles. The summed E-state index contributed by atoms with van der Waals surface area (Å²) in [7, 11) is 0. The Labute approximate surface area is 211 Å². The Balaban J connectivity index is 0.00000289. The van der Waals surface area contributed by atoms with Gasteiger partial charge in [-0.25, -0.2) is 0 Å². The van der Waals surface area contributed by atoms with Crippen molar-refractivity contribution in [3.05, 3.63) is 71.1 Å². The number of aromatic nitrogens is 1. The summed E-state index contributed by atoms with van der Waals surface area (Å²) in [4.78, 5) is 12.9. The number of nitrogens with one attached hydrogen (secondary N) is 2. The fourth-order valence-electron chi connectivity index (χ4n) is 3.84. The normalized spacial score (nSPS) is 14.8. The number of hydrogen-bond acceptors (Lipinski definition) is 5. The molecule has 0 atom stereocenters. The largest absolute Gasteiger partial charge is 0.469 e. The first-order valence-electron chi connectivity index (χ1n) is 11.1. The molecule has 1 fully saturated rings. The minimum atomic E-state index is 0. The molecule has 32 heavy (non-hydrogen) atoms. The number of furan rings is 1.